The fourth-order valence-corrected chi connectivity index (χ4v) is 5.01. The van der Waals surface area contributed by atoms with Crippen LogP contribution in [0.25, 0.3) is 5.69 Å². The topological polar surface area (TPSA) is 63.1 Å². The molecular weight excluding hydrogens is 437 g/mol. The molecule has 1 amide bonds. The average molecular weight is 468 g/mol. The summed E-state index contributed by atoms with van der Waals surface area (Å²) in [4.78, 5) is 15.3. The number of thioether (sulfide) groups is 1. The number of rotatable bonds is 9. The summed E-state index contributed by atoms with van der Waals surface area (Å²) in [6.45, 7) is 5.24. The fraction of sp³-hybridized carbons (Fsp3) is 0.400. The highest BCUT2D eigenvalue weighted by molar-refractivity contribution is 8.00. The van der Waals surface area contributed by atoms with Gasteiger partial charge in [-0.25, -0.2) is 4.39 Å². The van der Waals surface area contributed by atoms with E-state index in [-0.39, 0.29) is 17.0 Å². The Bertz CT molecular complexity index is 1030. The first-order valence-electron chi connectivity index (χ1n) is 11.5. The van der Waals surface area contributed by atoms with Crippen molar-refractivity contribution in [2.45, 2.75) is 56.1 Å². The molecule has 6 nitrogen and oxygen atoms in total. The summed E-state index contributed by atoms with van der Waals surface area (Å²) in [5.74, 6) is 0.494. The SMILES string of the molecule is CCC(Sc1nnc(CN2CCCCC2)n1-c1ccc(F)cc1)C(=O)NCc1ccccc1. The fourth-order valence-electron chi connectivity index (χ4n) is 3.99. The predicted molar refractivity (Wildman–Crippen MR) is 129 cm³/mol. The Hall–Kier alpha value is -2.71. The predicted octanol–water partition coefficient (Wildman–Crippen LogP) is 4.58. The van der Waals surface area contributed by atoms with Crippen LogP contribution in [0.5, 0.6) is 0 Å². The van der Waals surface area contributed by atoms with Crippen LogP contribution in [-0.2, 0) is 17.9 Å². The number of likely N-dealkylation sites (tertiary alicyclic amines) is 1. The molecule has 33 heavy (non-hydrogen) atoms. The molecule has 1 unspecified atom stereocenters. The van der Waals surface area contributed by atoms with Gasteiger partial charge in [0.1, 0.15) is 5.82 Å². The maximum atomic E-state index is 13.6. The summed E-state index contributed by atoms with van der Waals surface area (Å²) < 4.78 is 15.6. The number of carbonyl (C=O) groups is 1. The van der Waals surface area contributed by atoms with E-state index in [1.165, 1.54) is 43.2 Å². The molecule has 0 spiro atoms. The minimum Gasteiger partial charge on any atom is -0.351 e. The maximum absolute atomic E-state index is 13.6. The molecule has 174 valence electrons. The third-order valence-electron chi connectivity index (χ3n) is 5.82. The number of piperidine rings is 1. The van der Waals surface area contributed by atoms with Gasteiger partial charge in [0.25, 0.3) is 0 Å². The van der Waals surface area contributed by atoms with E-state index >= 15 is 0 Å². The summed E-state index contributed by atoms with van der Waals surface area (Å²) in [6, 6.07) is 16.2. The van der Waals surface area contributed by atoms with E-state index in [1.807, 2.05) is 41.8 Å². The number of nitrogens with one attached hydrogen (secondary N) is 1. The van der Waals surface area contributed by atoms with Crippen molar-refractivity contribution in [3.8, 4) is 5.69 Å². The third kappa shape index (κ3) is 6.21. The van der Waals surface area contributed by atoms with Gasteiger partial charge in [-0.15, -0.1) is 10.2 Å². The zero-order chi connectivity index (χ0) is 23.0. The molecule has 1 aliphatic heterocycles. The van der Waals surface area contributed by atoms with Crippen molar-refractivity contribution in [2.24, 2.45) is 0 Å². The number of benzene rings is 2. The molecule has 1 aliphatic rings. The lowest BCUT2D eigenvalue weighted by atomic mass is 10.1. The highest BCUT2D eigenvalue weighted by atomic mass is 32.2. The van der Waals surface area contributed by atoms with Crippen molar-refractivity contribution in [1.29, 1.82) is 0 Å². The van der Waals surface area contributed by atoms with Crippen molar-refractivity contribution in [1.82, 2.24) is 25.0 Å². The molecule has 0 radical (unpaired) electrons. The summed E-state index contributed by atoms with van der Waals surface area (Å²) in [5, 5.41) is 12.3. The molecule has 3 aromatic rings. The molecule has 0 bridgehead atoms. The van der Waals surface area contributed by atoms with Gasteiger partial charge >= 0.3 is 0 Å². The Morgan fingerprint density at radius 1 is 1.06 bits per heavy atom. The Kier molecular flexibility index (Phi) is 8.12. The minimum absolute atomic E-state index is 0.0300. The van der Waals surface area contributed by atoms with Crippen LogP contribution in [0.3, 0.4) is 0 Å². The molecule has 1 saturated heterocycles. The first-order valence-corrected chi connectivity index (χ1v) is 12.4. The van der Waals surface area contributed by atoms with Gasteiger partial charge in [-0.05, 0) is 62.2 Å². The van der Waals surface area contributed by atoms with Gasteiger partial charge in [0.2, 0.25) is 5.91 Å². The monoisotopic (exact) mass is 467 g/mol. The zero-order valence-corrected chi connectivity index (χ0v) is 19.7. The second-order valence-corrected chi connectivity index (χ2v) is 9.44. The van der Waals surface area contributed by atoms with Gasteiger partial charge < -0.3 is 5.32 Å². The van der Waals surface area contributed by atoms with Gasteiger partial charge in [0.15, 0.2) is 11.0 Å². The van der Waals surface area contributed by atoms with Crippen LogP contribution in [0.2, 0.25) is 0 Å². The number of amides is 1. The quantitative estimate of drug-likeness (QED) is 0.467. The van der Waals surface area contributed by atoms with Gasteiger partial charge in [0, 0.05) is 12.2 Å². The molecule has 2 heterocycles. The molecule has 4 rings (SSSR count). The second-order valence-electron chi connectivity index (χ2n) is 8.27. The van der Waals surface area contributed by atoms with Crippen LogP contribution in [0.15, 0.2) is 59.8 Å². The van der Waals surface area contributed by atoms with E-state index < -0.39 is 0 Å². The number of halogens is 1. The van der Waals surface area contributed by atoms with Crippen molar-refractivity contribution < 1.29 is 9.18 Å². The van der Waals surface area contributed by atoms with Crippen molar-refractivity contribution in [3.05, 3.63) is 71.8 Å². The molecule has 2 aromatic carbocycles. The van der Waals surface area contributed by atoms with Crippen molar-refractivity contribution >= 4 is 17.7 Å². The number of hydrogen-bond acceptors (Lipinski definition) is 5. The summed E-state index contributed by atoms with van der Waals surface area (Å²) in [5.41, 5.74) is 1.86. The first-order chi connectivity index (χ1) is 16.1. The third-order valence-corrected chi connectivity index (χ3v) is 7.13. The number of carbonyl (C=O) groups excluding carboxylic acids is 1. The van der Waals surface area contributed by atoms with Gasteiger partial charge in [-0.2, -0.15) is 0 Å². The Morgan fingerprint density at radius 3 is 2.48 bits per heavy atom. The Morgan fingerprint density at radius 2 is 1.79 bits per heavy atom. The van der Waals surface area contributed by atoms with Crippen LogP contribution in [-0.4, -0.2) is 43.9 Å². The minimum atomic E-state index is -0.306. The molecule has 1 atom stereocenters. The molecule has 0 saturated carbocycles. The summed E-state index contributed by atoms with van der Waals surface area (Å²) in [6.07, 6.45) is 4.29. The van der Waals surface area contributed by atoms with Crippen LogP contribution in [0, 0.1) is 5.82 Å². The van der Waals surface area contributed by atoms with Crippen LogP contribution >= 0.6 is 11.8 Å². The van der Waals surface area contributed by atoms with E-state index in [0.29, 0.717) is 24.7 Å². The largest absolute Gasteiger partial charge is 0.351 e. The van der Waals surface area contributed by atoms with Crippen LogP contribution in [0.4, 0.5) is 4.39 Å². The van der Waals surface area contributed by atoms with Crippen LogP contribution < -0.4 is 5.32 Å². The van der Waals surface area contributed by atoms with Gasteiger partial charge in [0.05, 0.1) is 11.8 Å². The first kappa shape index (κ1) is 23.4. The maximum Gasteiger partial charge on any atom is 0.233 e. The molecule has 1 N–H and O–H groups in total. The molecule has 8 heteroatoms. The highest BCUT2D eigenvalue weighted by Crippen LogP contribution is 2.28. The Balaban J connectivity index is 1.53. The Labute approximate surface area is 198 Å². The van der Waals surface area contributed by atoms with E-state index in [1.54, 1.807) is 12.1 Å². The molecular formula is C25H30FN5OS. The van der Waals surface area contributed by atoms with E-state index in [9.17, 15) is 9.18 Å². The molecule has 1 aromatic heterocycles. The average Bonchev–Trinajstić information content (AvgIpc) is 3.24. The molecule has 0 aliphatic carbocycles. The lowest BCUT2D eigenvalue weighted by molar-refractivity contribution is -0.120. The van der Waals surface area contributed by atoms with E-state index in [2.05, 4.69) is 20.4 Å². The lowest BCUT2D eigenvalue weighted by Crippen LogP contribution is -2.32. The number of aromatic nitrogens is 3. The standard InChI is InChI=1S/C25H30FN5OS/c1-2-22(24(32)27-17-19-9-5-3-6-10-19)33-25-29-28-23(18-30-15-7-4-8-16-30)31(25)21-13-11-20(26)12-14-21/h3,5-6,9-14,22H,2,4,7-8,15-18H2,1H3,(H,27,32). The number of nitrogens with zero attached hydrogens (tertiary/aromatic N) is 4. The van der Waals surface area contributed by atoms with E-state index in [4.69, 9.17) is 0 Å². The second kappa shape index (κ2) is 11.4. The van der Waals surface area contributed by atoms with Crippen molar-refractivity contribution in [3.63, 3.8) is 0 Å². The highest BCUT2D eigenvalue weighted by Gasteiger charge is 2.24. The summed E-state index contributed by atoms with van der Waals surface area (Å²) in [7, 11) is 0. The van der Waals surface area contributed by atoms with Gasteiger partial charge in [-0.3, -0.25) is 14.3 Å². The van der Waals surface area contributed by atoms with E-state index in [0.717, 1.165) is 30.2 Å². The number of hydrogen-bond donors (Lipinski definition) is 1. The summed E-state index contributed by atoms with van der Waals surface area (Å²) >= 11 is 1.41. The zero-order valence-electron chi connectivity index (χ0n) is 18.9. The smallest absolute Gasteiger partial charge is 0.233 e. The van der Waals surface area contributed by atoms with Crippen LogP contribution in [0.1, 0.15) is 44.0 Å². The van der Waals surface area contributed by atoms with Gasteiger partial charge in [-0.1, -0.05) is 55.4 Å². The lowest BCUT2D eigenvalue weighted by Gasteiger charge is -2.26. The molecule has 1 fully saturated rings. The van der Waals surface area contributed by atoms with Crippen molar-refractivity contribution in [2.75, 3.05) is 13.1 Å². The normalized spacial score (nSPS) is 15.3.